The van der Waals surface area contributed by atoms with Gasteiger partial charge in [0.15, 0.2) is 39.2 Å². The molecule has 0 spiro atoms. The molecule has 0 saturated carbocycles. The number of rotatable bonds is 9. The second kappa shape index (κ2) is 34.8. The van der Waals surface area contributed by atoms with Gasteiger partial charge in [0.1, 0.15) is 33.9 Å². The summed E-state index contributed by atoms with van der Waals surface area (Å²) in [6, 6.07) is 43.6. The molecule has 12 rings (SSSR count). The SMILES string of the molecule is CC.CC.CC.CC.CC.CC.N=c1ncn(Cc2ccccc2)c2nc(-c3ccccn3)[nH]c12.N=c1ncn(Cc2ccccc2)c2nc(-c3cccnc3)[nH]c12.N=c1ncn(Cc2ccccc2)c2nc(-c3ccncc3)[nH]c12. The molecule has 12 aromatic rings. The van der Waals surface area contributed by atoms with Crippen molar-refractivity contribution in [2.24, 2.45) is 0 Å². The third-order valence-corrected chi connectivity index (χ3v) is 10.9. The second-order valence-corrected chi connectivity index (χ2v) is 15.7. The summed E-state index contributed by atoms with van der Waals surface area (Å²) >= 11 is 0. The molecule has 0 aliphatic heterocycles. The Kier molecular flexibility index (Phi) is 27.4. The van der Waals surface area contributed by atoms with Crippen molar-refractivity contribution in [2.45, 2.75) is 103 Å². The van der Waals surface area contributed by atoms with E-state index in [2.05, 4.69) is 96.2 Å². The molecule has 18 nitrogen and oxygen atoms in total. The lowest BCUT2D eigenvalue weighted by Gasteiger charge is -2.06. The predicted molar refractivity (Wildman–Crippen MR) is 328 cm³/mol. The van der Waals surface area contributed by atoms with Gasteiger partial charge < -0.3 is 28.7 Å². The molecule has 420 valence electrons. The Hall–Kier alpha value is -9.84. The van der Waals surface area contributed by atoms with E-state index in [9.17, 15) is 0 Å². The van der Waals surface area contributed by atoms with E-state index in [1.54, 1.807) is 50.0 Å². The standard InChI is InChI=1S/3C17H14N6.6C2H6/c18-15-14-17(22-16(21-14)13-8-4-5-9-19-13)23(11-20-15)10-12-6-2-1-3-7-12;18-15-14-17(22-16(21-14)13-7-4-8-19-9-13)23(11-20-15)10-12-5-2-1-3-6-12;18-15-14-17(22-16(21-14)13-6-8-19-9-7-13)23(11-20-15)10-12-4-2-1-3-5-12;6*1-2/h3*1-9,11,18H,10H2,(H,21,22);6*1-2H3. The van der Waals surface area contributed by atoms with Crippen molar-refractivity contribution in [3.63, 3.8) is 0 Å². The molecular weight excluding hydrogens is 1010 g/mol. The molecule has 0 atom stereocenters. The van der Waals surface area contributed by atoms with Crippen LogP contribution in [0.2, 0.25) is 0 Å². The van der Waals surface area contributed by atoms with Crippen LogP contribution in [0.15, 0.2) is 183 Å². The second-order valence-electron chi connectivity index (χ2n) is 15.7. The number of nitrogens with zero attached hydrogens (tertiary/aromatic N) is 12. The number of aromatic amines is 3. The first kappa shape index (κ1) is 63.7. The van der Waals surface area contributed by atoms with E-state index >= 15 is 0 Å². The van der Waals surface area contributed by atoms with Gasteiger partial charge in [-0.1, -0.05) is 180 Å². The molecule has 6 N–H and O–H groups in total. The van der Waals surface area contributed by atoms with Crippen LogP contribution in [-0.4, -0.2) is 73.5 Å². The summed E-state index contributed by atoms with van der Waals surface area (Å²) < 4.78 is 5.83. The molecule has 9 heterocycles. The molecule has 0 bridgehead atoms. The van der Waals surface area contributed by atoms with Crippen molar-refractivity contribution in [1.82, 2.24) is 73.5 Å². The highest BCUT2D eigenvalue weighted by molar-refractivity contribution is 5.76. The van der Waals surface area contributed by atoms with E-state index in [1.807, 2.05) is 194 Å². The van der Waals surface area contributed by atoms with Crippen molar-refractivity contribution >= 4 is 33.5 Å². The molecule has 0 fully saturated rings. The molecule has 0 unspecified atom stereocenters. The fourth-order valence-electron chi connectivity index (χ4n) is 7.55. The number of imidazole rings is 3. The van der Waals surface area contributed by atoms with E-state index in [0.29, 0.717) is 65.0 Å². The quantitative estimate of drug-likeness (QED) is 0.0803. The minimum absolute atomic E-state index is 0.180. The minimum atomic E-state index is 0.180. The number of fused-ring (bicyclic) bond motifs is 3. The van der Waals surface area contributed by atoms with Crippen LogP contribution in [0.4, 0.5) is 0 Å². The Morgan fingerprint density at radius 1 is 0.346 bits per heavy atom. The highest BCUT2D eigenvalue weighted by Crippen LogP contribution is 2.21. The molecule has 0 amide bonds. The molecule has 0 aliphatic rings. The molecule has 81 heavy (non-hydrogen) atoms. The summed E-state index contributed by atoms with van der Waals surface area (Å²) in [7, 11) is 0. The minimum Gasteiger partial charge on any atom is -0.334 e. The molecule has 9 aromatic heterocycles. The van der Waals surface area contributed by atoms with Crippen molar-refractivity contribution in [3.8, 4) is 34.3 Å². The van der Waals surface area contributed by atoms with Crippen LogP contribution >= 0.6 is 0 Å². The first-order valence-corrected chi connectivity index (χ1v) is 27.8. The van der Waals surface area contributed by atoms with Crippen LogP contribution in [0.5, 0.6) is 0 Å². The summed E-state index contributed by atoms with van der Waals surface area (Å²) in [6.07, 6.45) is 13.6. The number of pyridine rings is 3. The van der Waals surface area contributed by atoms with Crippen molar-refractivity contribution in [2.75, 3.05) is 0 Å². The molecular formula is C63H78N18. The predicted octanol–water partition coefficient (Wildman–Crippen LogP) is 13.2. The van der Waals surface area contributed by atoms with Crippen molar-refractivity contribution in [1.29, 1.82) is 16.2 Å². The first-order valence-electron chi connectivity index (χ1n) is 27.8. The van der Waals surface area contributed by atoms with Crippen molar-refractivity contribution < 1.29 is 0 Å². The Balaban J connectivity index is 0.000000239. The summed E-state index contributed by atoms with van der Waals surface area (Å²) in [6.45, 7) is 26.0. The average molecular weight is 1090 g/mol. The third kappa shape index (κ3) is 17.3. The lowest BCUT2D eigenvalue weighted by Crippen LogP contribution is -2.13. The van der Waals surface area contributed by atoms with E-state index in [0.717, 1.165) is 39.2 Å². The van der Waals surface area contributed by atoms with E-state index in [1.165, 1.54) is 0 Å². The average Bonchev–Trinajstić information content (AvgIpc) is 4.45. The maximum absolute atomic E-state index is 8.01. The number of hydrogen-bond donors (Lipinski definition) is 6. The summed E-state index contributed by atoms with van der Waals surface area (Å²) in [5.74, 6) is 2.05. The fourth-order valence-corrected chi connectivity index (χ4v) is 7.55. The topological polar surface area (TPSA) is 250 Å². The zero-order valence-electron chi connectivity index (χ0n) is 48.8. The smallest absolute Gasteiger partial charge is 0.173 e. The van der Waals surface area contributed by atoms with Crippen LogP contribution in [-0.2, 0) is 19.6 Å². The van der Waals surface area contributed by atoms with Gasteiger partial charge in [-0.25, -0.2) is 29.9 Å². The van der Waals surface area contributed by atoms with Gasteiger partial charge in [-0.15, -0.1) is 0 Å². The van der Waals surface area contributed by atoms with Crippen LogP contribution in [0.25, 0.3) is 67.8 Å². The van der Waals surface area contributed by atoms with Crippen molar-refractivity contribution in [3.05, 3.63) is 217 Å². The highest BCUT2D eigenvalue weighted by Gasteiger charge is 2.14. The zero-order valence-corrected chi connectivity index (χ0v) is 48.8. The molecule has 3 aromatic carbocycles. The van der Waals surface area contributed by atoms with Gasteiger partial charge in [-0.2, -0.15) is 0 Å². The lowest BCUT2D eigenvalue weighted by molar-refractivity contribution is 0.784. The Labute approximate surface area is 474 Å². The molecule has 0 aliphatic carbocycles. The Bertz CT molecular complexity index is 3410. The van der Waals surface area contributed by atoms with Gasteiger partial charge in [0.25, 0.3) is 0 Å². The molecule has 18 heteroatoms. The van der Waals surface area contributed by atoms with Crippen LogP contribution in [0, 0.1) is 16.2 Å². The van der Waals surface area contributed by atoms with Crippen LogP contribution in [0.1, 0.15) is 99.8 Å². The summed E-state index contributed by atoms with van der Waals surface area (Å²) in [4.78, 5) is 48.4. The summed E-state index contributed by atoms with van der Waals surface area (Å²) in [5.41, 5.74) is 10.6. The van der Waals surface area contributed by atoms with Gasteiger partial charge in [0, 0.05) is 42.1 Å². The monoisotopic (exact) mass is 1090 g/mol. The number of nitrogens with one attached hydrogen (secondary N) is 6. The zero-order chi connectivity index (χ0) is 58.9. The van der Waals surface area contributed by atoms with Gasteiger partial charge in [-0.3, -0.25) is 31.2 Å². The number of aromatic nitrogens is 15. The maximum atomic E-state index is 8.01. The van der Waals surface area contributed by atoms with Gasteiger partial charge in [0.2, 0.25) is 0 Å². The van der Waals surface area contributed by atoms with E-state index in [4.69, 9.17) is 16.2 Å². The first-order chi connectivity index (χ1) is 39.9. The van der Waals surface area contributed by atoms with Crippen LogP contribution in [0.3, 0.4) is 0 Å². The van der Waals surface area contributed by atoms with Gasteiger partial charge in [-0.05, 0) is 53.1 Å². The number of H-pyrrole nitrogens is 3. The maximum Gasteiger partial charge on any atom is 0.173 e. The number of benzene rings is 3. The van der Waals surface area contributed by atoms with Gasteiger partial charge >= 0.3 is 0 Å². The Morgan fingerprint density at radius 3 is 1.09 bits per heavy atom. The normalized spacial score (nSPS) is 9.78. The molecule has 0 radical (unpaired) electrons. The summed E-state index contributed by atoms with van der Waals surface area (Å²) in [5, 5.41) is 24.0. The number of hydrogen-bond acceptors (Lipinski definition) is 12. The van der Waals surface area contributed by atoms with E-state index < -0.39 is 0 Å². The highest BCUT2D eigenvalue weighted by atomic mass is 15.1. The largest absolute Gasteiger partial charge is 0.334 e. The fraction of sp³-hybridized carbons (Fsp3) is 0.238. The lowest BCUT2D eigenvalue weighted by atomic mass is 10.2. The van der Waals surface area contributed by atoms with E-state index in [-0.39, 0.29) is 16.5 Å². The third-order valence-electron chi connectivity index (χ3n) is 10.9. The van der Waals surface area contributed by atoms with Gasteiger partial charge in [0.05, 0.1) is 38.6 Å². The molecule has 0 saturated heterocycles. The Morgan fingerprint density at radius 2 is 0.716 bits per heavy atom. The van der Waals surface area contributed by atoms with Crippen LogP contribution < -0.4 is 16.5 Å².